The van der Waals surface area contributed by atoms with Gasteiger partial charge < -0.3 is 10.0 Å². The molecular weight excluding hydrogens is 294 g/mol. The smallest absolute Gasteiger partial charge is 0.329 e. The number of carbonyl (C=O) groups is 1. The van der Waals surface area contributed by atoms with Crippen LogP contribution in [0.2, 0.25) is 0 Å². The second kappa shape index (κ2) is 6.20. The molecule has 0 saturated carbocycles. The zero-order valence-corrected chi connectivity index (χ0v) is 13.6. The molecule has 1 aromatic heterocycles. The predicted octanol–water partition coefficient (Wildman–Crippen LogP) is 1.10. The topological polar surface area (TPSA) is 67.5 Å². The SMILES string of the molecule is CC(O)CC1CCCN1C(=O)Cn1c(=O)n(C)c2ccccc21. The molecule has 0 bridgehead atoms. The maximum Gasteiger partial charge on any atom is 0.329 e. The van der Waals surface area contributed by atoms with Gasteiger partial charge in [-0.1, -0.05) is 12.1 Å². The number of para-hydroxylation sites is 2. The molecule has 1 amide bonds. The van der Waals surface area contributed by atoms with Gasteiger partial charge in [-0.25, -0.2) is 4.79 Å². The Labute approximate surface area is 134 Å². The molecule has 1 aliphatic heterocycles. The summed E-state index contributed by atoms with van der Waals surface area (Å²) < 4.78 is 3.11. The van der Waals surface area contributed by atoms with Gasteiger partial charge in [-0.05, 0) is 38.3 Å². The Kier molecular flexibility index (Phi) is 4.26. The van der Waals surface area contributed by atoms with Crippen molar-refractivity contribution in [2.75, 3.05) is 6.54 Å². The first-order chi connectivity index (χ1) is 11.0. The van der Waals surface area contributed by atoms with Gasteiger partial charge in [0.25, 0.3) is 0 Å². The highest BCUT2D eigenvalue weighted by molar-refractivity contribution is 5.81. The van der Waals surface area contributed by atoms with E-state index in [0.29, 0.717) is 13.0 Å². The predicted molar refractivity (Wildman–Crippen MR) is 88.2 cm³/mol. The molecule has 1 aromatic carbocycles. The number of nitrogens with zero attached hydrogens (tertiary/aromatic N) is 3. The molecule has 2 unspecified atom stereocenters. The number of imidazole rings is 1. The van der Waals surface area contributed by atoms with E-state index in [1.165, 1.54) is 4.57 Å². The Balaban J connectivity index is 1.86. The molecule has 2 atom stereocenters. The standard InChI is InChI=1S/C17H23N3O3/c1-12(21)10-13-6-5-9-19(13)16(22)11-20-15-8-4-3-7-14(15)18(2)17(20)23/h3-4,7-8,12-13,21H,5-6,9-11H2,1-2H3. The van der Waals surface area contributed by atoms with Gasteiger partial charge in [-0.3, -0.25) is 13.9 Å². The molecule has 3 rings (SSSR count). The average Bonchev–Trinajstić information content (AvgIpc) is 3.06. The van der Waals surface area contributed by atoms with Crippen LogP contribution >= 0.6 is 0 Å². The van der Waals surface area contributed by atoms with Gasteiger partial charge >= 0.3 is 5.69 Å². The summed E-state index contributed by atoms with van der Waals surface area (Å²) in [7, 11) is 1.72. The minimum atomic E-state index is -0.423. The van der Waals surface area contributed by atoms with Crippen molar-refractivity contribution in [3.8, 4) is 0 Å². The van der Waals surface area contributed by atoms with Gasteiger partial charge in [0, 0.05) is 19.6 Å². The maximum atomic E-state index is 12.7. The van der Waals surface area contributed by atoms with E-state index in [4.69, 9.17) is 0 Å². The van der Waals surface area contributed by atoms with Gasteiger partial charge in [0.15, 0.2) is 0 Å². The normalized spacial score (nSPS) is 19.4. The number of likely N-dealkylation sites (tertiary alicyclic amines) is 1. The number of aliphatic hydroxyl groups is 1. The molecule has 1 fully saturated rings. The van der Waals surface area contributed by atoms with E-state index in [0.717, 1.165) is 23.9 Å². The van der Waals surface area contributed by atoms with E-state index >= 15 is 0 Å². The molecule has 1 N–H and O–H groups in total. The van der Waals surface area contributed by atoms with Crippen LogP contribution in [0.15, 0.2) is 29.1 Å². The van der Waals surface area contributed by atoms with Gasteiger partial charge in [0.05, 0.1) is 17.1 Å². The maximum absolute atomic E-state index is 12.7. The molecule has 0 radical (unpaired) electrons. The molecule has 1 aliphatic rings. The lowest BCUT2D eigenvalue weighted by Gasteiger charge is -2.25. The van der Waals surface area contributed by atoms with Crippen LogP contribution < -0.4 is 5.69 Å². The van der Waals surface area contributed by atoms with Crippen molar-refractivity contribution in [3.05, 3.63) is 34.7 Å². The first-order valence-corrected chi connectivity index (χ1v) is 8.11. The molecule has 6 nitrogen and oxygen atoms in total. The van der Waals surface area contributed by atoms with Gasteiger partial charge in [-0.15, -0.1) is 0 Å². The minimum Gasteiger partial charge on any atom is -0.393 e. The van der Waals surface area contributed by atoms with Crippen LogP contribution in [0.25, 0.3) is 11.0 Å². The van der Waals surface area contributed by atoms with Crippen molar-refractivity contribution in [1.29, 1.82) is 0 Å². The van der Waals surface area contributed by atoms with Crippen molar-refractivity contribution in [2.24, 2.45) is 7.05 Å². The van der Waals surface area contributed by atoms with Crippen molar-refractivity contribution in [3.63, 3.8) is 0 Å². The first kappa shape index (κ1) is 15.8. The lowest BCUT2D eigenvalue weighted by molar-refractivity contribution is -0.133. The monoisotopic (exact) mass is 317 g/mol. The fourth-order valence-electron chi connectivity index (χ4n) is 3.54. The number of amides is 1. The van der Waals surface area contributed by atoms with E-state index in [9.17, 15) is 14.7 Å². The molecule has 6 heteroatoms. The molecule has 1 saturated heterocycles. The van der Waals surface area contributed by atoms with Gasteiger partial charge in [0.1, 0.15) is 6.54 Å². The number of benzene rings is 1. The Hall–Kier alpha value is -2.08. The van der Waals surface area contributed by atoms with Crippen molar-refractivity contribution < 1.29 is 9.90 Å². The van der Waals surface area contributed by atoms with E-state index in [1.807, 2.05) is 29.2 Å². The van der Waals surface area contributed by atoms with E-state index in [-0.39, 0.29) is 24.2 Å². The number of rotatable bonds is 4. The highest BCUT2D eigenvalue weighted by Gasteiger charge is 2.30. The van der Waals surface area contributed by atoms with Crippen LogP contribution in [0, 0.1) is 0 Å². The zero-order valence-electron chi connectivity index (χ0n) is 13.6. The Bertz CT molecular complexity index is 775. The largest absolute Gasteiger partial charge is 0.393 e. The summed E-state index contributed by atoms with van der Waals surface area (Å²) in [6, 6.07) is 7.57. The summed E-state index contributed by atoms with van der Waals surface area (Å²) >= 11 is 0. The third-order valence-electron chi connectivity index (χ3n) is 4.66. The molecule has 0 spiro atoms. The van der Waals surface area contributed by atoms with Gasteiger partial charge in [-0.2, -0.15) is 0 Å². The van der Waals surface area contributed by atoms with Crippen LogP contribution in [0.3, 0.4) is 0 Å². The molecule has 2 aromatic rings. The van der Waals surface area contributed by atoms with Crippen LogP contribution in [0.1, 0.15) is 26.2 Å². The summed E-state index contributed by atoms with van der Waals surface area (Å²) in [6.45, 7) is 2.50. The highest BCUT2D eigenvalue weighted by atomic mass is 16.3. The summed E-state index contributed by atoms with van der Waals surface area (Å²) in [5.41, 5.74) is 1.43. The van der Waals surface area contributed by atoms with E-state index in [2.05, 4.69) is 0 Å². The fraction of sp³-hybridized carbons (Fsp3) is 0.529. The third-order valence-corrected chi connectivity index (χ3v) is 4.66. The summed E-state index contributed by atoms with van der Waals surface area (Å²) in [5.74, 6) is -0.0494. The van der Waals surface area contributed by atoms with Crippen molar-refractivity contribution >= 4 is 16.9 Å². The van der Waals surface area contributed by atoms with E-state index < -0.39 is 6.10 Å². The van der Waals surface area contributed by atoms with Crippen LogP contribution in [0.5, 0.6) is 0 Å². The van der Waals surface area contributed by atoms with Crippen molar-refractivity contribution in [2.45, 2.75) is 44.9 Å². The fourth-order valence-corrected chi connectivity index (χ4v) is 3.54. The average molecular weight is 317 g/mol. The molecule has 23 heavy (non-hydrogen) atoms. The van der Waals surface area contributed by atoms with Crippen molar-refractivity contribution in [1.82, 2.24) is 14.0 Å². The summed E-state index contributed by atoms with van der Waals surface area (Å²) in [6.07, 6.45) is 2.04. The second-order valence-corrected chi connectivity index (χ2v) is 6.38. The van der Waals surface area contributed by atoms with Crippen LogP contribution in [-0.2, 0) is 18.4 Å². The Morgan fingerprint density at radius 2 is 2.04 bits per heavy atom. The van der Waals surface area contributed by atoms with E-state index in [1.54, 1.807) is 18.5 Å². The first-order valence-electron chi connectivity index (χ1n) is 8.11. The molecule has 124 valence electrons. The molecule has 0 aliphatic carbocycles. The third kappa shape index (κ3) is 2.91. The lowest BCUT2D eigenvalue weighted by atomic mass is 10.1. The van der Waals surface area contributed by atoms with Gasteiger partial charge in [0.2, 0.25) is 5.91 Å². The number of hydrogen-bond donors (Lipinski definition) is 1. The van der Waals surface area contributed by atoms with Crippen LogP contribution in [-0.4, -0.2) is 43.7 Å². The summed E-state index contributed by atoms with van der Waals surface area (Å²) in [4.78, 5) is 26.9. The molecule has 2 heterocycles. The number of aliphatic hydroxyl groups excluding tert-OH is 1. The zero-order chi connectivity index (χ0) is 16.6. The summed E-state index contributed by atoms with van der Waals surface area (Å²) in [5, 5.41) is 9.59. The Morgan fingerprint density at radius 1 is 1.35 bits per heavy atom. The Morgan fingerprint density at radius 3 is 2.74 bits per heavy atom. The minimum absolute atomic E-state index is 0.0494. The lowest BCUT2D eigenvalue weighted by Crippen LogP contribution is -2.40. The number of fused-ring (bicyclic) bond motifs is 1. The number of carbonyl (C=O) groups excluding carboxylic acids is 1. The highest BCUT2D eigenvalue weighted by Crippen LogP contribution is 2.22. The number of hydrogen-bond acceptors (Lipinski definition) is 3. The number of aryl methyl sites for hydroxylation is 1. The quantitative estimate of drug-likeness (QED) is 0.918. The number of aromatic nitrogens is 2. The second-order valence-electron chi connectivity index (χ2n) is 6.38. The van der Waals surface area contributed by atoms with Crippen LogP contribution in [0.4, 0.5) is 0 Å². The molecular formula is C17H23N3O3.